The highest BCUT2D eigenvalue weighted by Gasteiger charge is 2.14. The van der Waals surface area contributed by atoms with Crippen molar-refractivity contribution in [2.75, 3.05) is 26.8 Å². The van der Waals surface area contributed by atoms with Crippen LogP contribution >= 0.6 is 22.9 Å². The molecule has 1 aromatic heterocycles. The van der Waals surface area contributed by atoms with Crippen LogP contribution in [0.4, 0.5) is 0 Å². The van der Waals surface area contributed by atoms with E-state index >= 15 is 0 Å². The van der Waals surface area contributed by atoms with E-state index in [1.807, 2.05) is 31.4 Å². The molecule has 0 fully saturated rings. The predicted octanol–water partition coefficient (Wildman–Crippen LogP) is 3.99. The van der Waals surface area contributed by atoms with E-state index in [9.17, 15) is 9.59 Å². The second kappa shape index (κ2) is 11.5. The molecule has 0 aliphatic rings. The molecule has 1 N–H and O–H groups in total. The van der Waals surface area contributed by atoms with E-state index < -0.39 is 0 Å². The molecule has 0 aliphatic carbocycles. The Bertz CT molecular complexity index is 853. The lowest BCUT2D eigenvalue weighted by molar-refractivity contribution is -0.132. The predicted molar refractivity (Wildman–Crippen MR) is 117 cm³/mol. The Morgan fingerprint density at radius 2 is 2.10 bits per heavy atom. The lowest BCUT2D eigenvalue weighted by atomic mass is 10.2. The Balaban J connectivity index is 2.00. The van der Waals surface area contributed by atoms with E-state index in [0.29, 0.717) is 41.8 Å². The summed E-state index contributed by atoms with van der Waals surface area (Å²) in [6.45, 7) is 5.03. The van der Waals surface area contributed by atoms with E-state index in [2.05, 4.69) is 5.32 Å². The highest BCUT2D eigenvalue weighted by atomic mass is 35.5. The molecule has 1 heterocycles. The minimum absolute atomic E-state index is 0.00138. The number of hydrogen-bond donors (Lipinski definition) is 1. The van der Waals surface area contributed by atoms with Crippen LogP contribution in [-0.4, -0.2) is 43.5 Å². The fourth-order valence-corrected chi connectivity index (χ4v) is 3.53. The summed E-state index contributed by atoms with van der Waals surface area (Å²) in [7, 11) is 1.52. The van der Waals surface area contributed by atoms with Crippen LogP contribution in [0.25, 0.3) is 6.08 Å². The molecule has 0 unspecified atom stereocenters. The van der Waals surface area contributed by atoms with Crippen LogP contribution in [0.3, 0.4) is 0 Å². The van der Waals surface area contributed by atoms with Gasteiger partial charge < -0.3 is 19.7 Å². The Labute approximate surface area is 180 Å². The number of ether oxygens (including phenoxy) is 2. The standard InChI is InChI=1S/C21H25ClN2O4S/c1-4-24(14-19(25)23-13-16-7-6-10-29-16)20(26)9-8-15-11-17(22)21(27-3)18(12-15)28-5-2/h6-12H,4-5,13-14H2,1-3H3,(H,23,25)/b9-8+. The SMILES string of the molecule is CCOc1cc(/C=C/C(=O)N(CC)CC(=O)NCc2cccs2)cc(Cl)c1OC. The molecule has 0 saturated carbocycles. The van der Waals surface area contributed by atoms with Crippen LogP contribution < -0.4 is 14.8 Å². The van der Waals surface area contributed by atoms with E-state index in [0.717, 1.165) is 4.88 Å². The van der Waals surface area contributed by atoms with E-state index in [1.54, 1.807) is 29.5 Å². The monoisotopic (exact) mass is 436 g/mol. The number of rotatable bonds is 10. The topological polar surface area (TPSA) is 67.9 Å². The number of amides is 2. The molecule has 2 amide bonds. The van der Waals surface area contributed by atoms with E-state index in [4.69, 9.17) is 21.1 Å². The van der Waals surface area contributed by atoms with Crippen molar-refractivity contribution in [3.05, 3.63) is 51.2 Å². The molecular weight excluding hydrogens is 412 g/mol. The third-order valence-electron chi connectivity index (χ3n) is 4.02. The Kier molecular flexibility index (Phi) is 9.02. The van der Waals surface area contributed by atoms with Crippen LogP contribution in [0.5, 0.6) is 11.5 Å². The molecule has 0 radical (unpaired) electrons. The smallest absolute Gasteiger partial charge is 0.247 e. The summed E-state index contributed by atoms with van der Waals surface area (Å²) < 4.78 is 10.8. The average molecular weight is 437 g/mol. The van der Waals surface area contributed by atoms with Crippen molar-refractivity contribution in [1.29, 1.82) is 0 Å². The number of carbonyl (C=O) groups excluding carboxylic acids is 2. The van der Waals surface area contributed by atoms with Gasteiger partial charge in [0.05, 0.1) is 31.8 Å². The largest absolute Gasteiger partial charge is 0.491 e. The molecule has 0 saturated heterocycles. The number of nitrogens with zero attached hydrogens (tertiary/aromatic N) is 1. The van der Waals surface area contributed by atoms with Gasteiger partial charge in [-0.05, 0) is 49.1 Å². The molecule has 0 bridgehead atoms. The lowest BCUT2D eigenvalue weighted by Crippen LogP contribution is -2.39. The maximum absolute atomic E-state index is 12.5. The Morgan fingerprint density at radius 3 is 2.72 bits per heavy atom. The molecular formula is C21H25ClN2O4S. The summed E-state index contributed by atoms with van der Waals surface area (Å²) in [6.07, 6.45) is 3.06. The molecule has 6 nitrogen and oxygen atoms in total. The third-order valence-corrected chi connectivity index (χ3v) is 5.18. The number of thiophene rings is 1. The minimum atomic E-state index is -0.260. The lowest BCUT2D eigenvalue weighted by Gasteiger charge is -2.18. The third kappa shape index (κ3) is 6.80. The first-order valence-electron chi connectivity index (χ1n) is 9.24. The summed E-state index contributed by atoms with van der Waals surface area (Å²) in [4.78, 5) is 27.2. The van der Waals surface area contributed by atoms with Gasteiger partial charge in [0.2, 0.25) is 11.8 Å². The number of benzene rings is 1. The fourth-order valence-electron chi connectivity index (χ4n) is 2.59. The van der Waals surface area contributed by atoms with Gasteiger partial charge in [-0.15, -0.1) is 11.3 Å². The number of carbonyl (C=O) groups is 2. The normalized spacial score (nSPS) is 10.8. The molecule has 1 aromatic carbocycles. The van der Waals surface area contributed by atoms with E-state index in [-0.39, 0.29) is 18.4 Å². The van der Waals surface area contributed by atoms with Crippen LogP contribution in [-0.2, 0) is 16.1 Å². The minimum Gasteiger partial charge on any atom is -0.491 e. The summed E-state index contributed by atoms with van der Waals surface area (Å²) in [5.41, 5.74) is 0.700. The quantitative estimate of drug-likeness (QED) is 0.572. The fraction of sp³-hybridized carbons (Fsp3) is 0.333. The van der Waals surface area contributed by atoms with Gasteiger partial charge in [0.15, 0.2) is 11.5 Å². The summed E-state index contributed by atoms with van der Waals surface area (Å²) in [6, 6.07) is 7.33. The molecule has 2 rings (SSSR count). The summed E-state index contributed by atoms with van der Waals surface area (Å²) >= 11 is 7.81. The number of likely N-dealkylation sites (N-methyl/N-ethyl adjacent to an activating group) is 1. The summed E-state index contributed by atoms with van der Waals surface area (Å²) in [5, 5.41) is 5.17. The number of nitrogens with one attached hydrogen (secondary N) is 1. The van der Waals surface area contributed by atoms with Crippen LogP contribution in [0.1, 0.15) is 24.3 Å². The van der Waals surface area contributed by atoms with Crippen molar-refractivity contribution in [3.63, 3.8) is 0 Å². The highest BCUT2D eigenvalue weighted by Crippen LogP contribution is 2.36. The van der Waals surface area contributed by atoms with Crippen molar-refractivity contribution >= 4 is 40.8 Å². The van der Waals surface area contributed by atoms with Crippen molar-refractivity contribution in [1.82, 2.24) is 10.2 Å². The van der Waals surface area contributed by atoms with Gasteiger partial charge >= 0.3 is 0 Å². The van der Waals surface area contributed by atoms with Gasteiger partial charge in [0.25, 0.3) is 0 Å². The molecule has 156 valence electrons. The Hall–Kier alpha value is -2.51. The van der Waals surface area contributed by atoms with Crippen LogP contribution in [0, 0.1) is 0 Å². The van der Waals surface area contributed by atoms with E-state index in [1.165, 1.54) is 18.1 Å². The van der Waals surface area contributed by atoms with Crippen molar-refractivity contribution in [3.8, 4) is 11.5 Å². The van der Waals surface area contributed by atoms with Crippen molar-refractivity contribution in [2.45, 2.75) is 20.4 Å². The van der Waals surface area contributed by atoms with Gasteiger partial charge in [-0.3, -0.25) is 9.59 Å². The van der Waals surface area contributed by atoms with Crippen molar-refractivity contribution < 1.29 is 19.1 Å². The molecule has 0 spiro atoms. The second-order valence-corrected chi connectivity index (χ2v) is 7.45. The van der Waals surface area contributed by atoms with Gasteiger partial charge in [0.1, 0.15) is 0 Å². The molecule has 2 aromatic rings. The zero-order valence-electron chi connectivity index (χ0n) is 16.7. The first-order valence-corrected chi connectivity index (χ1v) is 10.5. The number of methoxy groups -OCH3 is 1. The van der Waals surface area contributed by atoms with Gasteiger partial charge in [-0.25, -0.2) is 0 Å². The van der Waals surface area contributed by atoms with Gasteiger partial charge in [0, 0.05) is 17.5 Å². The first-order chi connectivity index (χ1) is 14.0. The molecule has 0 atom stereocenters. The zero-order valence-corrected chi connectivity index (χ0v) is 18.3. The number of hydrogen-bond acceptors (Lipinski definition) is 5. The second-order valence-electron chi connectivity index (χ2n) is 6.01. The molecule has 0 aliphatic heterocycles. The van der Waals surface area contributed by atoms with Gasteiger partial charge in [-0.1, -0.05) is 17.7 Å². The molecule has 29 heavy (non-hydrogen) atoms. The molecule has 8 heteroatoms. The summed E-state index contributed by atoms with van der Waals surface area (Å²) in [5.74, 6) is 0.501. The highest BCUT2D eigenvalue weighted by molar-refractivity contribution is 7.09. The van der Waals surface area contributed by atoms with Crippen LogP contribution in [0.15, 0.2) is 35.7 Å². The average Bonchev–Trinajstić information content (AvgIpc) is 3.22. The maximum atomic E-state index is 12.5. The van der Waals surface area contributed by atoms with Crippen LogP contribution in [0.2, 0.25) is 5.02 Å². The Morgan fingerprint density at radius 1 is 1.31 bits per heavy atom. The zero-order chi connectivity index (χ0) is 21.2. The first kappa shape index (κ1) is 22.8. The van der Waals surface area contributed by atoms with Gasteiger partial charge in [-0.2, -0.15) is 0 Å². The maximum Gasteiger partial charge on any atom is 0.247 e. The number of halogens is 1. The van der Waals surface area contributed by atoms with Crippen molar-refractivity contribution in [2.24, 2.45) is 0 Å².